The van der Waals surface area contributed by atoms with E-state index in [9.17, 15) is 9.59 Å². The van der Waals surface area contributed by atoms with Crippen LogP contribution in [0.25, 0.3) is 0 Å². The van der Waals surface area contributed by atoms with Crippen molar-refractivity contribution in [2.75, 3.05) is 0 Å². The van der Waals surface area contributed by atoms with Crippen molar-refractivity contribution in [3.05, 3.63) is 77.1 Å². The van der Waals surface area contributed by atoms with Crippen LogP contribution in [0.1, 0.15) is 44.8 Å². The Morgan fingerprint density at radius 3 is 2.66 bits per heavy atom. The SMILES string of the molecule is Cc1ccc(C(=O)NC2CC2)cc1CC(=O)c1cnc(Sc2ccccc2)n1C. The number of nitrogens with zero attached hydrogens (tertiary/aromatic N) is 2. The molecule has 1 saturated carbocycles. The summed E-state index contributed by atoms with van der Waals surface area (Å²) < 4.78 is 1.83. The van der Waals surface area contributed by atoms with E-state index in [1.165, 1.54) is 11.8 Å². The van der Waals surface area contributed by atoms with Crippen LogP contribution in [0, 0.1) is 6.92 Å². The highest BCUT2D eigenvalue weighted by atomic mass is 32.2. The molecule has 4 rings (SSSR count). The molecule has 0 unspecified atom stereocenters. The lowest BCUT2D eigenvalue weighted by atomic mass is 9.99. The first-order chi connectivity index (χ1) is 14.0. The van der Waals surface area contributed by atoms with Crippen LogP contribution in [-0.2, 0) is 13.5 Å². The average Bonchev–Trinajstić information content (AvgIpc) is 3.46. The molecular weight excluding hydrogens is 382 g/mol. The molecular formula is C23H23N3O2S. The lowest BCUT2D eigenvalue weighted by Gasteiger charge is -2.10. The van der Waals surface area contributed by atoms with Crippen LogP contribution in [-0.4, -0.2) is 27.3 Å². The maximum atomic E-state index is 13.0. The van der Waals surface area contributed by atoms with Crippen LogP contribution in [0.3, 0.4) is 0 Å². The molecule has 1 aliphatic rings. The van der Waals surface area contributed by atoms with E-state index in [1.54, 1.807) is 6.20 Å². The number of hydrogen-bond donors (Lipinski definition) is 1. The van der Waals surface area contributed by atoms with E-state index < -0.39 is 0 Å². The van der Waals surface area contributed by atoms with Gasteiger partial charge in [-0.05, 0) is 55.2 Å². The number of imidazole rings is 1. The molecule has 6 heteroatoms. The number of ketones is 1. The van der Waals surface area contributed by atoms with Gasteiger partial charge in [0, 0.05) is 30.0 Å². The molecule has 1 fully saturated rings. The van der Waals surface area contributed by atoms with Gasteiger partial charge in [0.15, 0.2) is 10.9 Å². The summed E-state index contributed by atoms with van der Waals surface area (Å²) in [5, 5.41) is 3.77. The summed E-state index contributed by atoms with van der Waals surface area (Å²) in [5.41, 5.74) is 3.05. The van der Waals surface area contributed by atoms with Gasteiger partial charge in [0.1, 0.15) is 5.69 Å². The van der Waals surface area contributed by atoms with Gasteiger partial charge < -0.3 is 9.88 Å². The lowest BCUT2D eigenvalue weighted by molar-refractivity contribution is 0.0947. The average molecular weight is 406 g/mol. The molecule has 0 saturated heterocycles. The number of amides is 1. The molecule has 1 aromatic heterocycles. The summed E-state index contributed by atoms with van der Waals surface area (Å²) >= 11 is 1.53. The van der Waals surface area contributed by atoms with Crippen molar-refractivity contribution < 1.29 is 9.59 Å². The molecule has 1 amide bonds. The summed E-state index contributed by atoms with van der Waals surface area (Å²) in [7, 11) is 1.86. The third kappa shape index (κ3) is 4.59. The van der Waals surface area contributed by atoms with Gasteiger partial charge >= 0.3 is 0 Å². The third-order valence-corrected chi connectivity index (χ3v) is 6.13. The zero-order valence-electron chi connectivity index (χ0n) is 16.5. The van der Waals surface area contributed by atoms with Gasteiger partial charge in [-0.15, -0.1) is 0 Å². The minimum absolute atomic E-state index is 0.0113. The Bertz CT molecular complexity index is 1060. The zero-order valence-corrected chi connectivity index (χ0v) is 17.3. The molecule has 29 heavy (non-hydrogen) atoms. The van der Waals surface area contributed by atoms with E-state index in [4.69, 9.17) is 0 Å². The molecule has 1 N–H and O–H groups in total. The highest BCUT2D eigenvalue weighted by molar-refractivity contribution is 7.99. The Kier molecular flexibility index (Phi) is 5.53. The molecule has 1 aliphatic carbocycles. The minimum atomic E-state index is -0.0664. The standard InChI is InChI=1S/C23H23N3O2S/c1-15-8-9-16(22(28)25-18-10-11-18)12-17(15)13-21(27)20-14-24-23(26(20)2)29-19-6-4-3-5-7-19/h3-9,12,14,18H,10-11,13H2,1-2H3,(H,25,28). The van der Waals surface area contributed by atoms with Gasteiger partial charge in [-0.25, -0.2) is 4.98 Å². The summed E-state index contributed by atoms with van der Waals surface area (Å²) in [4.78, 5) is 30.8. The van der Waals surface area contributed by atoms with Crippen molar-refractivity contribution in [2.45, 2.75) is 42.3 Å². The lowest BCUT2D eigenvalue weighted by Crippen LogP contribution is -2.25. The number of aromatic nitrogens is 2. The first-order valence-electron chi connectivity index (χ1n) is 9.69. The summed E-state index contributed by atoms with van der Waals surface area (Å²) in [6, 6.07) is 15.8. The van der Waals surface area contributed by atoms with Crippen molar-refractivity contribution in [1.29, 1.82) is 0 Å². The smallest absolute Gasteiger partial charge is 0.251 e. The maximum absolute atomic E-state index is 13.0. The summed E-state index contributed by atoms with van der Waals surface area (Å²) in [6.07, 6.45) is 3.97. The van der Waals surface area contributed by atoms with E-state index in [0.717, 1.165) is 34.0 Å². The van der Waals surface area contributed by atoms with Gasteiger partial charge in [-0.2, -0.15) is 0 Å². The summed E-state index contributed by atoms with van der Waals surface area (Å²) in [6.45, 7) is 1.96. The van der Waals surface area contributed by atoms with Crippen LogP contribution >= 0.6 is 11.8 Å². The number of carbonyl (C=O) groups is 2. The van der Waals surface area contributed by atoms with Gasteiger partial charge in [0.25, 0.3) is 5.91 Å². The predicted molar refractivity (Wildman–Crippen MR) is 113 cm³/mol. The van der Waals surface area contributed by atoms with Crippen LogP contribution < -0.4 is 5.32 Å². The van der Waals surface area contributed by atoms with E-state index in [1.807, 2.05) is 67.1 Å². The Morgan fingerprint density at radius 2 is 1.93 bits per heavy atom. The number of benzene rings is 2. The fourth-order valence-corrected chi connectivity index (χ4v) is 3.95. The fourth-order valence-electron chi connectivity index (χ4n) is 3.10. The monoisotopic (exact) mass is 405 g/mol. The first kappa shape index (κ1) is 19.5. The van der Waals surface area contributed by atoms with Crippen molar-refractivity contribution in [3.63, 3.8) is 0 Å². The van der Waals surface area contributed by atoms with Crippen molar-refractivity contribution in [1.82, 2.24) is 14.9 Å². The molecule has 0 aliphatic heterocycles. The molecule has 0 atom stereocenters. The number of aryl methyl sites for hydroxylation is 1. The Balaban J connectivity index is 1.50. The molecule has 5 nitrogen and oxygen atoms in total. The topological polar surface area (TPSA) is 64.0 Å². The van der Waals surface area contributed by atoms with Crippen LogP contribution in [0.4, 0.5) is 0 Å². The number of carbonyl (C=O) groups excluding carboxylic acids is 2. The number of nitrogens with one attached hydrogen (secondary N) is 1. The van der Waals surface area contributed by atoms with Crippen LogP contribution in [0.2, 0.25) is 0 Å². The number of hydrogen-bond acceptors (Lipinski definition) is 4. The second kappa shape index (κ2) is 8.25. The fraction of sp³-hybridized carbons (Fsp3) is 0.261. The van der Waals surface area contributed by atoms with Gasteiger partial charge in [0.2, 0.25) is 0 Å². The zero-order chi connectivity index (χ0) is 20.4. The largest absolute Gasteiger partial charge is 0.349 e. The summed E-state index contributed by atoms with van der Waals surface area (Å²) in [5.74, 6) is -0.0777. The molecule has 0 radical (unpaired) electrons. The third-order valence-electron chi connectivity index (χ3n) is 5.06. The molecule has 2 aromatic carbocycles. The Morgan fingerprint density at radius 1 is 1.17 bits per heavy atom. The Hall–Kier alpha value is -2.86. The molecule has 0 bridgehead atoms. The molecule has 148 valence electrons. The van der Waals surface area contributed by atoms with E-state index in [2.05, 4.69) is 10.3 Å². The minimum Gasteiger partial charge on any atom is -0.349 e. The van der Waals surface area contributed by atoms with Gasteiger partial charge in [-0.3, -0.25) is 9.59 Å². The van der Waals surface area contributed by atoms with Crippen molar-refractivity contribution in [2.24, 2.45) is 7.05 Å². The van der Waals surface area contributed by atoms with Crippen LogP contribution in [0.15, 0.2) is 64.8 Å². The van der Waals surface area contributed by atoms with E-state index in [0.29, 0.717) is 17.3 Å². The Labute approximate surface area is 174 Å². The second-order valence-corrected chi connectivity index (χ2v) is 8.43. The number of rotatable bonds is 7. The first-order valence-corrected chi connectivity index (χ1v) is 10.5. The molecule has 0 spiro atoms. The van der Waals surface area contributed by atoms with Crippen molar-refractivity contribution in [3.8, 4) is 0 Å². The number of Topliss-reactive ketones (excluding diaryl/α,β-unsaturated/α-hetero) is 1. The normalized spacial score (nSPS) is 13.3. The quantitative estimate of drug-likeness (QED) is 0.599. The van der Waals surface area contributed by atoms with Crippen LogP contribution in [0.5, 0.6) is 0 Å². The maximum Gasteiger partial charge on any atom is 0.251 e. The molecule has 1 heterocycles. The van der Waals surface area contributed by atoms with E-state index >= 15 is 0 Å². The second-order valence-electron chi connectivity index (χ2n) is 7.39. The molecule has 3 aromatic rings. The van der Waals surface area contributed by atoms with E-state index in [-0.39, 0.29) is 18.1 Å². The predicted octanol–water partition coefficient (Wildman–Crippen LogP) is 4.20. The van der Waals surface area contributed by atoms with Crippen molar-refractivity contribution >= 4 is 23.5 Å². The highest BCUT2D eigenvalue weighted by Gasteiger charge is 2.24. The van der Waals surface area contributed by atoms with Gasteiger partial charge in [0.05, 0.1) is 6.20 Å². The highest BCUT2D eigenvalue weighted by Crippen LogP contribution is 2.27. The van der Waals surface area contributed by atoms with Gasteiger partial charge in [-0.1, -0.05) is 36.0 Å².